The zero-order valence-electron chi connectivity index (χ0n) is 14.3. The Labute approximate surface area is 153 Å². The van der Waals surface area contributed by atoms with E-state index in [0.717, 1.165) is 31.4 Å². The number of benzene rings is 1. The first-order valence-corrected chi connectivity index (χ1v) is 8.69. The van der Waals surface area contributed by atoms with Gasteiger partial charge in [-0.25, -0.2) is 0 Å². The summed E-state index contributed by atoms with van der Waals surface area (Å²) in [5.74, 6) is -0.130. The predicted octanol–water partition coefficient (Wildman–Crippen LogP) is 3.79. The second-order valence-electron chi connectivity index (χ2n) is 6.70. The lowest BCUT2D eigenvalue weighted by atomic mass is 9.93. The molecule has 1 N–H and O–H groups in total. The molecule has 0 radical (unpaired) electrons. The van der Waals surface area contributed by atoms with Crippen LogP contribution in [0.5, 0.6) is 0 Å². The third-order valence-electron chi connectivity index (χ3n) is 4.78. The molecule has 0 saturated heterocycles. The molecule has 0 bridgehead atoms. The molecule has 1 amide bonds. The second-order valence-corrected chi connectivity index (χ2v) is 6.70. The van der Waals surface area contributed by atoms with Gasteiger partial charge in [0.1, 0.15) is 12.1 Å². The monoisotopic (exact) mass is 374 g/mol. The van der Waals surface area contributed by atoms with E-state index < -0.39 is 11.7 Å². The summed E-state index contributed by atoms with van der Waals surface area (Å²) < 4.78 is 40.4. The molecule has 1 saturated carbocycles. The van der Waals surface area contributed by atoms with Crippen molar-refractivity contribution in [2.24, 2.45) is 0 Å². The van der Waals surface area contributed by atoms with Crippen LogP contribution in [-0.4, -0.2) is 26.7 Å². The van der Waals surface area contributed by atoms with Gasteiger partial charge >= 0.3 is 6.18 Å². The van der Waals surface area contributed by atoms with Gasteiger partial charge < -0.3 is 5.32 Å². The number of halogens is 3. The Morgan fingerprint density at radius 1 is 1.19 bits per heavy atom. The number of nitrogens with zero attached hydrogens (tertiary/aromatic N) is 3. The first-order chi connectivity index (χ1) is 12.9. The standard InChI is InChI=1S/C19H17F3N4O/c20-19(21,22)14-4-1-3-12(7-14)13-8-17-16(23-9-13)10-24-26(17)11-18(27)25-15-5-2-6-15/h1,3-4,7-10,15H,2,5-6,11H2,(H,25,27). The number of fused-ring (bicyclic) bond motifs is 1. The average Bonchev–Trinajstić information content (AvgIpc) is 3.00. The Hall–Kier alpha value is -2.90. The van der Waals surface area contributed by atoms with Crippen LogP contribution >= 0.6 is 0 Å². The molecule has 5 nitrogen and oxygen atoms in total. The Morgan fingerprint density at radius 3 is 2.70 bits per heavy atom. The van der Waals surface area contributed by atoms with Crippen LogP contribution in [0.1, 0.15) is 24.8 Å². The zero-order chi connectivity index (χ0) is 19.0. The highest BCUT2D eigenvalue weighted by Crippen LogP contribution is 2.32. The van der Waals surface area contributed by atoms with E-state index in [1.165, 1.54) is 16.9 Å². The maximum absolute atomic E-state index is 13.0. The summed E-state index contributed by atoms with van der Waals surface area (Å²) in [5, 5.41) is 7.14. The molecule has 1 aliphatic rings. The van der Waals surface area contributed by atoms with E-state index in [2.05, 4.69) is 15.4 Å². The number of nitrogens with one attached hydrogen (secondary N) is 1. The first kappa shape index (κ1) is 17.5. The summed E-state index contributed by atoms with van der Waals surface area (Å²) in [6, 6.07) is 7.03. The number of hydrogen-bond donors (Lipinski definition) is 1. The fourth-order valence-electron chi connectivity index (χ4n) is 3.08. The van der Waals surface area contributed by atoms with Crippen molar-refractivity contribution in [3.05, 3.63) is 48.3 Å². The minimum Gasteiger partial charge on any atom is -0.352 e. The van der Waals surface area contributed by atoms with Crippen molar-refractivity contribution in [2.45, 2.75) is 38.0 Å². The van der Waals surface area contributed by atoms with Crippen molar-refractivity contribution in [1.82, 2.24) is 20.1 Å². The van der Waals surface area contributed by atoms with Gasteiger partial charge in [-0.1, -0.05) is 12.1 Å². The molecular weight excluding hydrogens is 357 g/mol. The van der Waals surface area contributed by atoms with Gasteiger partial charge in [-0.2, -0.15) is 18.3 Å². The van der Waals surface area contributed by atoms with E-state index in [9.17, 15) is 18.0 Å². The highest BCUT2D eigenvalue weighted by molar-refractivity contribution is 5.83. The summed E-state index contributed by atoms with van der Waals surface area (Å²) >= 11 is 0. The van der Waals surface area contributed by atoms with E-state index in [-0.39, 0.29) is 18.5 Å². The number of rotatable bonds is 4. The van der Waals surface area contributed by atoms with Crippen molar-refractivity contribution in [2.75, 3.05) is 0 Å². The van der Waals surface area contributed by atoms with Crippen LogP contribution in [0.2, 0.25) is 0 Å². The molecule has 140 valence electrons. The minimum absolute atomic E-state index is 0.0493. The predicted molar refractivity (Wildman–Crippen MR) is 93.7 cm³/mol. The zero-order valence-corrected chi connectivity index (χ0v) is 14.3. The van der Waals surface area contributed by atoms with E-state index in [0.29, 0.717) is 22.2 Å². The van der Waals surface area contributed by atoms with Crippen molar-refractivity contribution in [1.29, 1.82) is 0 Å². The largest absolute Gasteiger partial charge is 0.416 e. The normalized spacial score (nSPS) is 14.9. The Balaban J connectivity index is 1.63. The van der Waals surface area contributed by atoms with Crippen molar-refractivity contribution in [3.8, 4) is 11.1 Å². The number of hydrogen-bond acceptors (Lipinski definition) is 3. The number of carbonyl (C=O) groups is 1. The molecule has 1 fully saturated rings. The van der Waals surface area contributed by atoms with E-state index in [1.807, 2.05) is 0 Å². The molecule has 2 heterocycles. The first-order valence-electron chi connectivity index (χ1n) is 8.69. The van der Waals surface area contributed by atoms with Crippen LogP contribution in [0.3, 0.4) is 0 Å². The van der Waals surface area contributed by atoms with Gasteiger partial charge in [-0.3, -0.25) is 14.5 Å². The Kier molecular flexibility index (Phi) is 4.33. The van der Waals surface area contributed by atoms with E-state index >= 15 is 0 Å². The Morgan fingerprint density at radius 2 is 2.00 bits per heavy atom. The number of amides is 1. The fraction of sp³-hybridized carbons (Fsp3) is 0.316. The third-order valence-corrected chi connectivity index (χ3v) is 4.78. The minimum atomic E-state index is -4.41. The second kappa shape index (κ2) is 6.68. The van der Waals surface area contributed by atoms with Crippen LogP contribution in [0.25, 0.3) is 22.2 Å². The maximum atomic E-state index is 13.0. The molecule has 1 aliphatic carbocycles. The van der Waals surface area contributed by atoms with Crippen LogP contribution < -0.4 is 5.32 Å². The molecule has 3 aromatic rings. The summed E-state index contributed by atoms with van der Waals surface area (Å²) in [4.78, 5) is 16.4. The van der Waals surface area contributed by atoms with E-state index in [4.69, 9.17) is 0 Å². The SMILES string of the molecule is O=C(Cn1ncc2ncc(-c3cccc(C(F)(F)F)c3)cc21)NC1CCC1. The van der Waals surface area contributed by atoms with Gasteiger partial charge in [0.25, 0.3) is 0 Å². The smallest absolute Gasteiger partial charge is 0.352 e. The lowest BCUT2D eigenvalue weighted by Crippen LogP contribution is -2.41. The summed E-state index contributed by atoms with van der Waals surface area (Å²) in [5.41, 5.74) is 1.42. The van der Waals surface area contributed by atoms with Gasteiger partial charge in [0, 0.05) is 17.8 Å². The van der Waals surface area contributed by atoms with Crippen LogP contribution in [0.15, 0.2) is 42.7 Å². The van der Waals surface area contributed by atoms with Crippen LogP contribution in [0, 0.1) is 0 Å². The molecule has 2 aromatic heterocycles. The van der Waals surface area contributed by atoms with Gasteiger partial charge in [0.05, 0.1) is 17.3 Å². The van der Waals surface area contributed by atoms with Crippen molar-refractivity contribution in [3.63, 3.8) is 0 Å². The molecule has 1 aromatic carbocycles. The van der Waals surface area contributed by atoms with Crippen molar-refractivity contribution < 1.29 is 18.0 Å². The highest BCUT2D eigenvalue weighted by Gasteiger charge is 2.30. The lowest BCUT2D eigenvalue weighted by molar-refractivity contribution is -0.137. The summed E-state index contributed by atoms with van der Waals surface area (Å²) in [7, 11) is 0. The van der Waals surface area contributed by atoms with Crippen LogP contribution in [0.4, 0.5) is 13.2 Å². The molecule has 27 heavy (non-hydrogen) atoms. The number of carbonyl (C=O) groups excluding carboxylic acids is 1. The molecule has 0 aliphatic heterocycles. The molecule has 8 heteroatoms. The molecule has 4 rings (SSSR count). The number of alkyl halides is 3. The van der Waals surface area contributed by atoms with Crippen LogP contribution in [-0.2, 0) is 17.5 Å². The van der Waals surface area contributed by atoms with Gasteiger partial charge in [0.15, 0.2) is 0 Å². The fourth-order valence-corrected chi connectivity index (χ4v) is 3.08. The lowest BCUT2D eigenvalue weighted by Gasteiger charge is -2.26. The average molecular weight is 374 g/mol. The quantitative estimate of drug-likeness (QED) is 0.756. The van der Waals surface area contributed by atoms with Crippen molar-refractivity contribution >= 4 is 16.9 Å². The van der Waals surface area contributed by atoms with E-state index in [1.54, 1.807) is 18.3 Å². The third kappa shape index (κ3) is 3.65. The van der Waals surface area contributed by atoms with Gasteiger partial charge in [-0.15, -0.1) is 0 Å². The molecule has 0 unspecified atom stereocenters. The highest BCUT2D eigenvalue weighted by atomic mass is 19.4. The summed E-state index contributed by atoms with van der Waals surface area (Å²) in [6.07, 6.45) is 1.76. The molecular formula is C19H17F3N4O. The number of pyridine rings is 1. The number of aromatic nitrogens is 3. The maximum Gasteiger partial charge on any atom is 0.416 e. The summed E-state index contributed by atoms with van der Waals surface area (Å²) in [6.45, 7) is 0.0493. The topological polar surface area (TPSA) is 59.8 Å². The molecule has 0 spiro atoms. The Bertz CT molecular complexity index is 992. The van der Waals surface area contributed by atoms with Gasteiger partial charge in [0.2, 0.25) is 5.91 Å². The van der Waals surface area contributed by atoms with Gasteiger partial charge in [-0.05, 0) is 43.0 Å². The molecule has 0 atom stereocenters.